The summed E-state index contributed by atoms with van der Waals surface area (Å²) in [5, 5.41) is 3.09. The fraction of sp³-hybridized carbons (Fsp3) is 0.929. The zero-order valence-corrected chi connectivity index (χ0v) is 14.6. The highest BCUT2D eigenvalue weighted by Crippen LogP contribution is 2.32. The van der Waals surface area contributed by atoms with E-state index in [9.17, 15) is 4.79 Å². The van der Waals surface area contributed by atoms with Crippen LogP contribution in [0.3, 0.4) is 0 Å². The van der Waals surface area contributed by atoms with Gasteiger partial charge in [-0.25, -0.2) is 0 Å². The summed E-state index contributed by atoms with van der Waals surface area (Å²) in [6.07, 6.45) is 3.05. The lowest BCUT2D eigenvalue weighted by atomic mass is 10.2. The van der Waals surface area contributed by atoms with Crippen LogP contribution in [0.5, 0.6) is 0 Å². The fourth-order valence-electron chi connectivity index (χ4n) is 2.74. The molecular formula is C14H30Cl2N4O. The predicted molar refractivity (Wildman–Crippen MR) is 91.4 cm³/mol. The number of carbonyl (C=O) groups excluding carboxylic acids is 1. The van der Waals surface area contributed by atoms with E-state index in [1.165, 1.54) is 12.8 Å². The van der Waals surface area contributed by atoms with E-state index in [0.717, 1.165) is 39.3 Å². The molecule has 1 atom stereocenters. The topological polar surface area (TPSA) is 61.6 Å². The van der Waals surface area contributed by atoms with Crippen molar-refractivity contribution in [1.82, 2.24) is 15.1 Å². The van der Waals surface area contributed by atoms with Gasteiger partial charge in [0.15, 0.2) is 0 Å². The highest BCUT2D eigenvalue weighted by molar-refractivity contribution is 5.85. The first-order valence-corrected chi connectivity index (χ1v) is 7.67. The lowest BCUT2D eigenvalue weighted by Crippen LogP contribution is -2.47. The third-order valence-electron chi connectivity index (χ3n) is 4.36. The number of hydrogen-bond donors (Lipinski definition) is 2. The second-order valence-electron chi connectivity index (χ2n) is 5.77. The normalized spacial score (nSPS) is 21.0. The lowest BCUT2D eigenvalue weighted by Gasteiger charge is -2.33. The van der Waals surface area contributed by atoms with Gasteiger partial charge >= 0.3 is 0 Å². The van der Waals surface area contributed by atoms with Crippen molar-refractivity contribution in [3.63, 3.8) is 0 Å². The maximum absolute atomic E-state index is 11.9. The fourth-order valence-corrected chi connectivity index (χ4v) is 2.74. The monoisotopic (exact) mass is 340 g/mol. The Balaban J connectivity index is 0.00000200. The number of amides is 1. The molecule has 0 aromatic heterocycles. The highest BCUT2D eigenvalue weighted by Gasteiger charge is 2.31. The van der Waals surface area contributed by atoms with Crippen LogP contribution in [0.1, 0.15) is 26.2 Å². The molecule has 1 aliphatic carbocycles. The van der Waals surface area contributed by atoms with E-state index in [4.69, 9.17) is 5.73 Å². The molecule has 0 aromatic rings. The van der Waals surface area contributed by atoms with Crippen molar-refractivity contribution in [3.05, 3.63) is 0 Å². The van der Waals surface area contributed by atoms with Crippen LogP contribution in [0.4, 0.5) is 0 Å². The summed E-state index contributed by atoms with van der Waals surface area (Å²) in [6.45, 7) is 9.23. The SMILES string of the molecule is CCN1CCN(CCC(=O)NC(CN)C2CC2)CC1.Cl.Cl. The number of hydrogen-bond acceptors (Lipinski definition) is 4. The molecule has 0 radical (unpaired) electrons. The van der Waals surface area contributed by atoms with Gasteiger partial charge in [-0.05, 0) is 25.3 Å². The van der Waals surface area contributed by atoms with Gasteiger partial charge in [0.05, 0.1) is 0 Å². The molecule has 3 N–H and O–H groups in total. The van der Waals surface area contributed by atoms with E-state index in [0.29, 0.717) is 18.9 Å². The van der Waals surface area contributed by atoms with Gasteiger partial charge in [-0.3, -0.25) is 4.79 Å². The average Bonchev–Trinajstić information content (AvgIpc) is 3.27. The number of likely N-dealkylation sites (N-methyl/N-ethyl adjacent to an activating group) is 1. The number of halogens is 2. The average molecular weight is 341 g/mol. The van der Waals surface area contributed by atoms with Crippen LogP contribution in [-0.2, 0) is 4.79 Å². The van der Waals surface area contributed by atoms with Crippen molar-refractivity contribution in [2.24, 2.45) is 11.7 Å². The summed E-state index contributed by atoms with van der Waals surface area (Å²) in [5.74, 6) is 0.808. The van der Waals surface area contributed by atoms with Gasteiger partial charge in [-0.1, -0.05) is 6.92 Å². The van der Waals surface area contributed by atoms with E-state index in [1.54, 1.807) is 0 Å². The summed E-state index contributed by atoms with van der Waals surface area (Å²) in [7, 11) is 0. The number of carbonyl (C=O) groups is 1. The van der Waals surface area contributed by atoms with E-state index in [2.05, 4.69) is 22.0 Å². The van der Waals surface area contributed by atoms with Crippen molar-refractivity contribution in [1.29, 1.82) is 0 Å². The first kappa shape index (κ1) is 20.9. The molecule has 0 spiro atoms. The zero-order valence-electron chi connectivity index (χ0n) is 12.9. The van der Waals surface area contributed by atoms with Crippen LogP contribution in [0, 0.1) is 5.92 Å². The van der Waals surface area contributed by atoms with Gasteiger partial charge in [-0.15, -0.1) is 24.8 Å². The van der Waals surface area contributed by atoms with Gasteiger partial charge < -0.3 is 20.9 Å². The molecule has 0 aromatic carbocycles. The quantitative estimate of drug-likeness (QED) is 0.716. The van der Waals surface area contributed by atoms with Crippen LogP contribution < -0.4 is 11.1 Å². The number of nitrogens with two attached hydrogens (primary N) is 1. The van der Waals surface area contributed by atoms with E-state index < -0.39 is 0 Å². The molecule has 2 aliphatic rings. The van der Waals surface area contributed by atoms with Crippen molar-refractivity contribution in [3.8, 4) is 0 Å². The van der Waals surface area contributed by atoms with Crippen LogP contribution >= 0.6 is 24.8 Å². The van der Waals surface area contributed by atoms with Crippen LogP contribution in [-0.4, -0.2) is 67.6 Å². The lowest BCUT2D eigenvalue weighted by molar-refractivity contribution is -0.122. The van der Waals surface area contributed by atoms with E-state index in [1.807, 2.05) is 0 Å². The van der Waals surface area contributed by atoms with Crippen molar-refractivity contribution >= 4 is 30.7 Å². The Labute approximate surface area is 140 Å². The van der Waals surface area contributed by atoms with Crippen LogP contribution in [0.2, 0.25) is 0 Å². The minimum atomic E-state index is 0. The van der Waals surface area contributed by atoms with Crippen molar-refractivity contribution < 1.29 is 4.79 Å². The largest absolute Gasteiger partial charge is 0.352 e. The highest BCUT2D eigenvalue weighted by atomic mass is 35.5. The zero-order chi connectivity index (χ0) is 13.7. The molecule has 1 saturated carbocycles. The van der Waals surface area contributed by atoms with Gasteiger partial charge in [0.25, 0.3) is 0 Å². The molecule has 1 amide bonds. The second kappa shape index (κ2) is 10.6. The number of rotatable bonds is 7. The molecule has 1 heterocycles. The molecule has 126 valence electrons. The van der Waals surface area contributed by atoms with Crippen LogP contribution in [0.15, 0.2) is 0 Å². The number of nitrogens with one attached hydrogen (secondary N) is 1. The Morgan fingerprint density at radius 1 is 1.19 bits per heavy atom. The van der Waals surface area contributed by atoms with Gasteiger partial charge in [0.1, 0.15) is 0 Å². The van der Waals surface area contributed by atoms with Crippen molar-refractivity contribution in [2.45, 2.75) is 32.2 Å². The standard InChI is InChI=1S/C14H28N4O.2ClH/c1-2-17-7-9-18(10-8-17)6-5-14(19)16-13(11-15)12-3-4-12;;/h12-13H,2-11,15H2,1H3,(H,16,19);2*1H. The van der Waals surface area contributed by atoms with Gasteiger partial charge in [-0.2, -0.15) is 0 Å². The molecular weight excluding hydrogens is 311 g/mol. The van der Waals surface area contributed by atoms with E-state index in [-0.39, 0.29) is 36.8 Å². The first-order valence-electron chi connectivity index (χ1n) is 7.67. The summed E-state index contributed by atoms with van der Waals surface area (Å²) in [5.41, 5.74) is 5.70. The smallest absolute Gasteiger partial charge is 0.221 e. The predicted octanol–water partition coefficient (Wildman–Crippen LogP) is 0.711. The van der Waals surface area contributed by atoms with E-state index >= 15 is 0 Å². The number of piperazine rings is 1. The molecule has 2 fully saturated rings. The maximum atomic E-state index is 11.9. The molecule has 5 nitrogen and oxygen atoms in total. The third-order valence-corrected chi connectivity index (χ3v) is 4.36. The van der Waals surface area contributed by atoms with Crippen LogP contribution in [0.25, 0.3) is 0 Å². The number of nitrogens with zero attached hydrogens (tertiary/aromatic N) is 2. The third kappa shape index (κ3) is 7.15. The Bertz CT molecular complexity index is 295. The molecule has 21 heavy (non-hydrogen) atoms. The summed E-state index contributed by atoms with van der Waals surface area (Å²) in [4.78, 5) is 16.7. The van der Waals surface area contributed by atoms with Gasteiger partial charge in [0, 0.05) is 51.7 Å². The molecule has 7 heteroatoms. The minimum Gasteiger partial charge on any atom is -0.352 e. The molecule has 2 rings (SSSR count). The maximum Gasteiger partial charge on any atom is 0.221 e. The summed E-state index contributed by atoms with van der Waals surface area (Å²) >= 11 is 0. The second-order valence-corrected chi connectivity index (χ2v) is 5.77. The first-order chi connectivity index (χ1) is 9.22. The minimum absolute atomic E-state index is 0. The Kier molecular flexibility index (Phi) is 10.6. The Morgan fingerprint density at radius 3 is 2.24 bits per heavy atom. The molecule has 0 bridgehead atoms. The summed E-state index contributed by atoms with van der Waals surface area (Å²) in [6, 6.07) is 0.212. The van der Waals surface area contributed by atoms with Gasteiger partial charge in [0.2, 0.25) is 5.91 Å². The Hall–Kier alpha value is -0.0700. The molecule has 1 unspecified atom stereocenters. The Morgan fingerprint density at radius 2 is 1.76 bits per heavy atom. The molecule has 1 aliphatic heterocycles. The summed E-state index contributed by atoms with van der Waals surface area (Å²) < 4.78 is 0. The molecule has 1 saturated heterocycles. The van der Waals surface area contributed by atoms with Crippen molar-refractivity contribution in [2.75, 3.05) is 45.8 Å².